The summed E-state index contributed by atoms with van der Waals surface area (Å²) >= 11 is 5.76. The summed E-state index contributed by atoms with van der Waals surface area (Å²) in [4.78, 5) is 2.22. The highest BCUT2D eigenvalue weighted by molar-refractivity contribution is 6.17. The smallest absolute Gasteiger partial charge is 0.0238 e. The van der Waals surface area contributed by atoms with Gasteiger partial charge in [0.25, 0.3) is 0 Å². The number of nitrogens with zero attached hydrogens (tertiary/aromatic N) is 1. The third-order valence-corrected chi connectivity index (χ3v) is 2.63. The van der Waals surface area contributed by atoms with Crippen LogP contribution >= 0.6 is 11.6 Å². The monoisotopic (exact) mass is 220 g/mol. The van der Waals surface area contributed by atoms with Crippen molar-refractivity contribution in [3.8, 4) is 0 Å². The lowest BCUT2D eigenvalue weighted by atomic mass is 10.0. The van der Waals surface area contributed by atoms with Gasteiger partial charge in [-0.2, -0.15) is 0 Å². The van der Waals surface area contributed by atoms with E-state index in [4.69, 9.17) is 11.6 Å². The summed E-state index contributed by atoms with van der Waals surface area (Å²) in [6.07, 6.45) is 2.28. The van der Waals surface area contributed by atoms with Gasteiger partial charge in [-0.25, -0.2) is 0 Å². The Kier molecular flexibility index (Phi) is 8.64. The molecule has 0 aromatic heterocycles. The maximum absolute atomic E-state index is 5.76. The van der Waals surface area contributed by atoms with Crippen molar-refractivity contribution in [1.29, 1.82) is 0 Å². The fraction of sp³-hybridized carbons (Fsp3) is 1.00. The van der Waals surface area contributed by atoms with Gasteiger partial charge < -0.3 is 10.2 Å². The molecule has 3 heteroatoms. The number of halogens is 1. The summed E-state index contributed by atoms with van der Waals surface area (Å²) in [5, 5.41) is 3.56. The van der Waals surface area contributed by atoms with Crippen LogP contribution in [0, 0.1) is 5.92 Å². The summed E-state index contributed by atoms with van der Waals surface area (Å²) < 4.78 is 0. The normalized spacial score (nSPS) is 13.9. The fourth-order valence-corrected chi connectivity index (χ4v) is 1.71. The highest BCUT2D eigenvalue weighted by Gasteiger charge is 2.10. The van der Waals surface area contributed by atoms with Gasteiger partial charge in [0.1, 0.15) is 0 Å². The van der Waals surface area contributed by atoms with Crippen LogP contribution in [0.5, 0.6) is 0 Å². The number of rotatable bonds is 8. The van der Waals surface area contributed by atoms with Crippen LogP contribution in [0.25, 0.3) is 0 Å². The molecule has 0 bridgehead atoms. The Labute approximate surface area is 94.0 Å². The predicted octanol–water partition coefficient (Wildman–Crippen LogP) is 2.18. The highest BCUT2D eigenvalue weighted by atomic mass is 35.5. The van der Waals surface area contributed by atoms with Crippen molar-refractivity contribution in [2.75, 3.05) is 33.1 Å². The van der Waals surface area contributed by atoms with E-state index in [9.17, 15) is 0 Å². The van der Waals surface area contributed by atoms with E-state index in [1.54, 1.807) is 0 Å². The minimum absolute atomic E-state index is 0.578. The van der Waals surface area contributed by atoms with E-state index in [0.717, 1.165) is 25.4 Å². The van der Waals surface area contributed by atoms with Gasteiger partial charge in [0.15, 0.2) is 0 Å². The average molecular weight is 221 g/mol. The summed E-state index contributed by atoms with van der Waals surface area (Å²) in [5.74, 6) is 1.43. The van der Waals surface area contributed by atoms with E-state index >= 15 is 0 Å². The molecule has 0 aliphatic rings. The van der Waals surface area contributed by atoms with Gasteiger partial charge >= 0.3 is 0 Å². The number of hydrogen-bond acceptors (Lipinski definition) is 2. The minimum Gasteiger partial charge on any atom is -0.314 e. The molecule has 0 heterocycles. The molecule has 86 valence electrons. The van der Waals surface area contributed by atoms with Gasteiger partial charge in [0.05, 0.1) is 0 Å². The van der Waals surface area contributed by atoms with Crippen molar-refractivity contribution in [2.45, 2.75) is 32.7 Å². The molecule has 0 aliphatic heterocycles. The first kappa shape index (κ1) is 14.2. The molecule has 0 radical (unpaired) electrons. The molecule has 0 aliphatic carbocycles. The lowest BCUT2D eigenvalue weighted by Crippen LogP contribution is -2.35. The minimum atomic E-state index is 0.578. The van der Waals surface area contributed by atoms with E-state index < -0.39 is 0 Å². The van der Waals surface area contributed by atoms with E-state index in [2.05, 4.69) is 38.2 Å². The Morgan fingerprint density at radius 3 is 2.36 bits per heavy atom. The molecule has 1 N–H and O–H groups in total. The Morgan fingerprint density at radius 1 is 1.29 bits per heavy atom. The molecule has 1 atom stereocenters. The summed E-state index contributed by atoms with van der Waals surface area (Å²) in [7, 11) is 4.22. The first-order valence-corrected chi connectivity index (χ1v) is 6.05. The molecule has 0 saturated carbocycles. The third kappa shape index (κ3) is 7.60. The van der Waals surface area contributed by atoms with Crippen LogP contribution in [-0.4, -0.2) is 44.0 Å². The molecular weight excluding hydrogens is 196 g/mol. The van der Waals surface area contributed by atoms with Crippen LogP contribution in [0.1, 0.15) is 26.7 Å². The van der Waals surface area contributed by atoms with Gasteiger partial charge in [-0.1, -0.05) is 13.8 Å². The second kappa shape index (κ2) is 8.51. The zero-order valence-electron chi connectivity index (χ0n) is 10.0. The molecule has 14 heavy (non-hydrogen) atoms. The maximum Gasteiger partial charge on any atom is 0.0238 e. The fourth-order valence-electron chi connectivity index (χ4n) is 1.47. The summed E-state index contributed by atoms with van der Waals surface area (Å²) in [6, 6.07) is 0.578. The van der Waals surface area contributed by atoms with Crippen molar-refractivity contribution in [3.05, 3.63) is 0 Å². The first-order chi connectivity index (χ1) is 6.57. The molecule has 0 aromatic carbocycles. The second-order valence-electron chi connectivity index (χ2n) is 4.44. The van der Waals surface area contributed by atoms with E-state index in [1.807, 2.05) is 0 Å². The SMILES string of the molecule is CC(C)C(CCCl)NCCCN(C)C. The Bertz CT molecular complexity index is 126. The van der Waals surface area contributed by atoms with Gasteiger partial charge in [0, 0.05) is 11.9 Å². The maximum atomic E-state index is 5.76. The van der Waals surface area contributed by atoms with Gasteiger partial charge in [-0.05, 0) is 45.9 Å². The van der Waals surface area contributed by atoms with Gasteiger partial charge in [0.2, 0.25) is 0 Å². The second-order valence-corrected chi connectivity index (χ2v) is 4.82. The molecule has 1 unspecified atom stereocenters. The number of nitrogens with one attached hydrogen (secondary N) is 1. The zero-order chi connectivity index (χ0) is 11.0. The molecule has 2 nitrogen and oxygen atoms in total. The Balaban J connectivity index is 3.50. The lowest BCUT2D eigenvalue weighted by molar-refractivity contribution is 0.356. The Hall–Kier alpha value is 0.210. The van der Waals surface area contributed by atoms with Crippen LogP contribution in [0.3, 0.4) is 0 Å². The van der Waals surface area contributed by atoms with Crippen LogP contribution in [0.4, 0.5) is 0 Å². The molecular formula is C11H25ClN2. The van der Waals surface area contributed by atoms with Crippen LogP contribution in [0.2, 0.25) is 0 Å². The quantitative estimate of drug-likeness (QED) is 0.499. The van der Waals surface area contributed by atoms with Crippen LogP contribution in [0.15, 0.2) is 0 Å². The molecule has 0 rings (SSSR count). The zero-order valence-corrected chi connectivity index (χ0v) is 10.8. The highest BCUT2D eigenvalue weighted by Crippen LogP contribution is 2.06. The van der Waals surface area contributed by atoms with E-state index in [0.29, 0.717) is 12.0 Å². The number of alkyl halides is 1. The standard InChI is InChI=1S/C11H25ClN2/c1-10(2)11(6-7-12)13-8-5-9-14(3)4/h10-11,13H,5-9H2,1-4H3. The largest absolute Gasteiger partial charge is 0.314 e. The Morgan fingerprint density at radius 2 is 1.93 bits per heavy atom. The third-order valence-electron chi connectivity index (χ3n) is 2.41. The summed E-state index contributed by atoms with van der Waals surface area (Å²) in [5.41, 5.74) is 0. The molecule has 0 saturated heterocycles. The van der Waals surface area contributed by atoms with Crippen molar-refractivity contribution in [1.82, 2.24) is 10.2 Å². The first-order valence-electron chi connectivity index (χ1n) is 5.52. The van der Waals surface area contributed by atoms with Gasteiger partial charge in [-0.15, -0.1) is 11.6 Å². The van der Waals surface area contributed by atoms with E-state index in [1.165, 1.54) is 6.42 Å². The lowest BCUT2D eigenvalue weighted by Gasteiger charge is -2.22. The van der Waals surface area contributed by atoms with Crippen molar-refractivity contribution >= 4 is 11.6 Å². The van der Waals surface area contributed by atoms with Crippen LogP contribution in [-0.2, 0) is 0 Å². The average Bonchev–Trinajstić information content (AvgIpc) is 2.09. The molecule has 0 aromatic rings. The molecule has 0 fully saturated rings. The van der Waals surface area contributed by atoms with Crippen molar-refractivity contribution in [2.24, 2.45) is 5.92 Å². The predicted molar refractivity (Wildman–Crippen MR) is 65.1 cm³/mol. The number of hydrogen-bond donors (Lipinski definition) is 1. The topological polar surface area (TPSA) is 15.3 Å². The molecule has 0 spiro atoms. The van der Waals surface area contributed by atoms with Gasteiger partial charge in [-0.3, -0.25) is 0 Å². The van der Waals surface area contributed by atoms with Crippen LogP contribution < -0.4 is 5.32 Å². The molecule has 0 amide bonds. The van der Waals surface area contributed by atoms with E-state index in [-0.39, 0.29) is 0 Å². The van der Waals surface area contributed by atoms with Crippen molar-refractivity contribution in [3.63, 3.8) is 0 Å². The summed E-state index contributed by atoms with van der Waals surface area (Å²) in [6.45, 7) is 6.74. The van der Waals surface area contributed by atoms with Crippen molar-refractivity contribution < 1.29 is 0 Å².